The van der Waals surface area contributed by atoms with E-state index < -0.39 is 0 Å². The molecule has 0 aliphatic carbocycles. The zero-order chi connectivity index (χ0) is 15.8. The summed E-state index contributed by atoms with van der Waals surface area (Å²) < 4.78 is 1.90. The Morgan fingerprint density at radius 1 is 1.27 bits per heavy atom. The average molecular weight is 301 g/mol. The minimum Gasteiger partial charge on any atom is -0.338 e. The number of nitrogens with zero attached hydrogens (tertiary/aromatic N) is 3. The highest BCUT2D eigenvalue weighted by Gasteiger charge is 2.07. The number of hydrogen-bond acceptors (Lipinski definition) is 3. The van der Waals surface area contributed by atoms with E-state index in [1.165, 1.54) is 5.56 Å². The summed E-state index contributed by atoms with van der Waals surface area (Å²) in [5.74, 6) is 1.18. The van der Waals surface area contributed by atoms with Crippen LogP contribution < -0.4 is 10.6 Å². The summed E-state index contributed by atoms with van der Waals surface area (Å²) in [6.07, 6.45) is 2.57. The van der Waals surface area contributed by atoms with Crippen LogP contribution in [0.15, 0.2) is 36.7 Å². The molecule has 6 nitrogen and oxygen atoms in total. The van der Waals surface area contributed by atoms with Gasteiger partial charge in [-0.15, -0.1) is 10.2 Å². The van der Waals surface area contributed by atoms with Gasteiger partial charge in [-0.3, -0.25) is 0 Å². The van der Waals surface area contributed by atoms with Crippen molar-refractivity contribution in [1.29, 1.82) is 0 Å². The minimum atomic E-state index is -0.175. The lowest BCUT2D eigenvalue weighted by Crippen LogP contribution is -2.36. The van der Waals surface area contributed by atoms with Crippen molar-refractivity contribution in [3.63, 3.8) is 0 Å². The normalized spacial score (nSPS) is 11.9. The molecule has 2 rings (SSSR count). The van der Waals surface area contributed by atoms with Crippen LogP contribution in [0.2, 0.25) is 0 Å². The molecule has 1 heterocycles. The Kier molecular flexibility index (Phi) is 5.94. The van der Waals surface area contributed by atoms with Crippen LogP contribution >= 0.6 is 0 Å². The molecule has 2 aromatic rings. The molecule has 1 aromatic carbocycles. The van der Waals surface area contributed by atoms with E-state index in [2.05, 4.69) is 39.9 Å². The van der Waals surface area contributed by atoms with Crippen LogP contribution in [0.1, 0.15) is 37.6 Å². The van der Waals surface area contributed by atoms with Gasteiger partial charge in [0.2, 0.25) is 0 Å². The van der Waals surface area contributed by atoms with Gasteiger partial charge in [-0.05, 0) is 24.8 Å². The number of carbonyl (C=O) groups excluding carboxylic acids is 1. The van der Waals surface area contributed by atoms with Crippen LogP contribution in [-0.4, -0.2) is 27.3 Å². The van der Waals surface area contributed by atoms with Crippen LogP contribution in [0.25, 0.3) is 0 Å². The SMILES string of the molecule is CCn1cnnc1CNC(=O)NCCC(C)c1ccccc1. The summed E-state index contributed by atoms with van der Waals surface area (Å²) in [6, 6.07) is 10.1. The third kappa shape index (κ3) is 4.58. The Morgan fingerprint density at radius 3 is 2.77 bits per heavy atom. The largest absolute Gasteiger partial charge is 0.338 e. The first kappa shape index (κ1) is 16.0. The monoisotopic (exact) mass is 301 g/mol. The number of aromatic nitrogens is 3. The van der Waals surface area contributed by atoms with Crippen molar-refractivity contribution < 1.29 is 4.79 Å². The van der Waals surface area contributed by atoms with Crippen molar-refractivity contribution in [2.75, 3.05) is 6.54 Å². The minimum absolute atomic E-state index is 0.175. The first-order chi connectivity index (χ1) is 10.7. The van der Waals surface area contributed by atoms with Gasteiger partial charge in [0.25, 0.3) is 0 Å². The summed E-state index contributed by atoms with van der Waals surface area (Å²) in [7, 11) is 0. The van der Waals surface area contributed by atoms with Gasteiger partial charge in [0, 0.05) is 13.1 Å². The second kappa shape index (κ2) is 8.17. The average Bonchev–Trinajstić information content (AvgIpc) is 3.01. The van der Waals surface area contributed by atoms with Gasteiger partial charge in [-0.25, -0.2) is 4.79 Å². The molecule has 0 spiro atoms. The summed E-state index contributed by atoms with van der Waals surface area (Å²) in [5, 5.41) is 13.5. The second-order valence-electron chi connectivity index (χ2n) is 5.24. The van der Waals surface area contributed by atoms with Crippen molar-refractivity contribution >= 4 is 6.03 Å². The zero-order valence-corrected chi connectivity index (χ0v) is 13.1. The summed E-state index contributed by atoms with van der Waals surface area (Å²) in [4.78, 5) is 11.8. The quantitative estimate of drug-likeness (QED) is 0.824. The number of hydrogen-bond donors (Lipinski definition) is 2. The smallest absolute Gasteiger partial charge is 0.315 e. The highest BCUT2D eigenvalue weighted by Crippen LogP contribution is 2.17. The van der Waals surface area contributed by atoms with E-state index in [9.17, 15) is 4.79 Å². The summed E-state index contributed by atoms with van der Waals surface area (Å²) >= 11 is 0. The number of rotatable bonds is 7. The van der Waals surface area contributed by atoms with E-state index in [0.29, 0.717) is 19.0 Å². The Bertz CT molecular complexity index is 581. The number of urea groups is 1. The molecule has 0 radical (unpaired) electrons. The topological polar surface area (TPSA) is 71.8 Å². The van der Waals surface area contributed by atoms with E-state index in [4.69, 9.17) is 0 Å². The fourth-order valence-electron chi connectivity index (χ4n) is 2.25. The lowest BCUT2D eigenvalue weighted by Gasteiger charge is -2.13. The Labute approximate surface area is 130 Å². The van der Waals surface area contributed by atoms with Gasteiger partial charge >= 0.3 is 6.03 Å². The Balaban J connectivity index is 1.68. The Morgan fingerprint density at radius 2 is 2.05 bits per heavy atom. The maximum Gasteiger partial charge on any atom is 0.315 e. The predicted octanol–water partition coefficient (Wildman–Crippen LogP) is 2.29. The number of carbonyl (C=O) groups is 1. The van der Waals surface area contributed by atoms with E-state index in [1.54, 1.807) is 6.33 Å². The van der Waals surface area contributed by atoms with Crippen molar-refractivity contribution in [3.05, 3.63) is 48.0 Å². The maximum absolute atomic E-state index is 11.8. The van der Waals surface area contributed by atoms with Crippen LogP contribution in [-0.2, 0) is 13.1 Å². The number of nitrogens with one attached hydrogen (secondary N) is 2. The third-order valence-corrected chi connectivity index (χ3v) is 3.67. The first-order valence-electron chi connectivity index (χ1n) is 7.64. The van der Waals surface area contributed by atoms with Crippen molar-refractivity contribution in [3.8, 4) is 0 Å². The first-order valence-corrected chi connectivity index (χ1v) is 7.64. The maximum atomic E-state index is 11.8. The van der Waals surface area contributed by atoms with E-state index >= 15 is 0 Å². The molecule has 0 bridgehead atoms. The van der Waals surface area contributed by atoms with Crippen LogP contribution in [0.3, 0.4) is 0 Å². The number of benzene rings is 1. The van der Waals surface area contributed by atoms with Crippen molar-refractivity contribution in [2.45, 2.75) is 39.3 Å². The lowest BCUT2D eigenvalue weighted by molar-refractivity contribution is 0.239. The van der Waals surface area contributed by atoms with Gasteiger partial charge in [-0.2, -0.15) is 0 Å². The van der Waals surface area contributed by atoms with Gasteiger partial charge in [-0.1, -0.05) is 37.3 Å². The molecule has 0 aliphatic heterocycles. The predicted molar refractivity (Wildman–Crippen MR) is 85.4 cm³/mol. The van der Waals surface area contributed by atoms with Crippen LogP contribution in [0, 0.1) is 0 Å². The zero-order valence-electron chi connectivity index (χ0n) is 13.1. The molecule has 0 fully saturated rings. The second-order valence-corrected chi connectivity index (χ2v) is 5.24. The van der Waals surface area contributed by atoms with E-state index in [-0.39, 0.29) is 6.03 Å². The van der Waals surface area contributed by atoms with Gasteiger partial charge in [0.05, 0.1) is 6.54 Å². The molecular formula is C16H23N5O. The standard InChI is InChI=1S/C16H23N5O/c1-3-21-12-19-20-15(21)11-18-16(22)17-10-9-13(2)14-7-5-4-6-8-14/h4-8,12-13H,3,9-11H2,1-2H3,(H2,17,18,22). The van der Waals surface area contributed by atoms with Crippen molar-refractivity contribution in [1.82, 2.24) is 25.4 Å². The van der Waals surface area contributed by atoms with E-state index in [0.717, 1.165) is 18.8 Å². The molecule has 0 saturated heterocycles. The lowest BCUT2D eigenvalue weighted by atomic mass is 9.98. The number of amides is 2. The highest BCUT2D eigenvalue weighted by molar-refractivity contribution is 5.73. The molecule has 22 heavy (non-hydrogen) atoms. The molecule has 1 atom stereocenters. The highest BCUT2D eigenvalue weighted by atomic mass is 16.2. The van der Waals surface area contributed by atoms with Gasteiger partial charge in [0.1, 0.15) is 6.33 Å². The molecular weight excluding hydrogens is 278 g/mol. The molecule has 2 amide bonds. The molecule has 0 aliphatic rings. The molecule has 0 saturated carbocycles. The van der Waals surface area contributed by atoms with Gasteiger partial charge < -0.3 is 15.2 Å². The van der Waals surface area contributed by atoms with Crippen LogP contribution in [0.5, 0.6) is 0 Å². The molecule has 6 heteroatoms. The van der Waals surface area contributed by atoms with Crippen LogP contribution in [0.4, 0.5) is 4.79 Å². The molecule has 1 aromatic heterocycles. The third-order valence-electron chi connectivity index (χ3n) is 3.67. The fourth-order valence-corrected chi connectivity index (χ4v) is 2.25. The molecule has 1 unspecified atom stereocenters. The number of aryl methyl sites for hydroxylation is 1. The fraction of sp³-hybridized carbons (Fsp3) is 0.438. The Hall–Kier alpha value is -2.37. The van der Waals surface area contributed by atoms with E-state index in [1.807, 2.05) is 29.7 Å². The molecule has 118 valence electrons. The van der Waals surface area contributed by atoms with Crippen molar-refractivity contribution in [2.24, 2.45) is 0 Å². The molecule has 2 N–H and O–H groups in total. The van der Waals surface area contributed by atoms with Gasteiger partial charge in [0.15, 0.2) is 5.82 Å². The summed E-state index contributed by atoms with van der Waals surface area (Å²) in [6.45, 7) is 5.99. The summed E-state index contributed by atoms with van der Waals surface area (Å²) in [5.41, 5.74) is 1.29.